The Hall–Kier alpha value is -1.51. The molecule has 0 aromatic heterocycles. The second kappa shape index (κ2) is 5.71. The van der Waals surface area contributed by atoms with Crippen LogP contribution in [0, 0.1) is 0 Å². The molecule has 17 heavy (non-hydrogen) atoms. The van der Waals surface area contributed by atoms with Gasteiger partial charge in [0.05, 0.1) is 12.2 Å². The van der Waals surface area contributed by atoms with Crippen molar-refractivity contribution in [2.75, 3.05) is 18.5 Å². The molecule has 1 aromatic carbocycles. The molecule has 3 heteroatoms. The van der Waals surface area contributed by atoms with Gasteiger partial charge in [-0.15, -0.1) is 0 Å². The number of ether oxygens (including phenoxy) is 1. The highest BCUT2D eigenvalue weighted by Gasteiger charge is 2.12. The highest BCUT2D eigenvalue weighted by Crippen LogP contribution is 2.23. The summed E-state index contributed by atoms with van der Waals surface area (Å²) >= 11 is 0. The number of carbonyl (C=O) groups excluding carboxylic acids is 1. The predicted octanol–water partition coefficient (Wildman–Crippen LogP) is 3.00. The summed E-state index contributed by atoms with van der Waals surface area (Å²) in [6.07, 6.45) is 4.14. The smallest absolute Gasteiger partial charge is 0.338 e. The summed E-state index contributed by atoms with van der Waals surface area (Å²) in [5.41, 5.74) is 3.05. The minimum absolute atomic E-state index is 0.202. The molecule has 1 aliphatic heterocycles. The third-order valence-corrected chi connectivity index (χ3v) is 3.01. The van der Waals surface area contributed by atoms with E-state index in [-0.39, 0.29) is 5.97 Å². The fourth-order valence-electron chi connectivity index (χ4n) is 1.99. The number of aryl methyl sites for hydroxylation is 1. The third kappa shape index (κ3) is 2.99. The average Bonchev–Trinajstić information content (AvgIpc) is 2.38. The normalized spacial score (nSPS) is 13.7. The van der Waals surface area contributed by atoms with Gasteiger partial charge in [0, 0.05) is 12.2 Å². The molecular weight excluding hydrogens is 214 g/mol. The molecule has 1 aliphatic rings. The number of unbranched alkanes of at least 4 members (excludes halogenated alkanes) is 1. The van der Waals surface area contributed by atoms with E-state index in [4.69, 9.17) is 4.74 Å². The van der Waals surface area contributed by atoms with Gasteiger partial charge in [-0.2, -0.15) is 0 Å². The van der Waals surface area contributed by atoms with Crippen LogP contribution in [-0.4, -0.2) is 19.1 Å². The summed E-state index contributed by atoms with van der Waals surface area (Å²) in [5, 5.41) is 3.33. The van der Waals surface area contributed by atoms with Crippen molar-refractivity contribution in [1.82, 2.24) is 0 Å². The van der Waals surface area contributed by atoms with Gasteiger partial charge in [0.15, 0.2) is 0 Å². The second-order valence-corrected chi connectivity index (χ2v) is 4.39. The second-order valence-electron chi connectivity index (χ2n) is 4.39. The van der Waals surface area contributed by atoms with E-state index in [2.05, 4.69) is 12.2 Å². The Morgan fingerprint density at radius 3 is 3.18 bits per heavy atom. The van der Waals surface area contributed by atoms with Crippen LogP contribution in [0.25, 0.3) is 0 Å². The number of hydrogen-bond donors (Lipinski definition) is 1. The lowest BCUT2D eigenvalue weighted by atomic mass is 10.0. The molecule has 2 rings (SSSR count). The van der Waals surface area contributed by atoms with Crippen molar-refractivity contribution in [2.24, 2.45) is 0 Å². The fraction of sp³-hybridized carbons (Fsp3) is 0.500. The Bertz CT molecular complexity index is 401. The number of fused-ring (bicyclic) bond motifs is 1. The van der Waals surface area contributed by atoms with Crippen LogP contribution < -0.4 is 5.32 Å². The molecule has 1 N–H and O–H groups in total. The van der Waals surface area contributed by atoms with E-state index >= 15 is 0 Å². The van der Waals surface area contributed by atoms with Crippen LogP contribution in [0.1, 0.15) is 42.1 Å². The van der Waals surface area contributed by atoms with Crippen LogP contribution in [0.2, 0.25) is 0 Å². The van der Waals surface area contributed by atoms with Gasteiger partial charge in [0.2, 0.25) is 0 Å². The Balaban J connectivity index is 2.03. The minimum Gasteiger partial charge on any atom is -0.462 e. The van der Waals surface area contributed by atoms with Gasteiger partial charge < -0.3 is 10.1 Å². The molecule has 0 atom stereocenters. The molecule has 1 heterocycles. The minimum atomic E-state index is -0.202. The zero-order chi connectivity index (χ0) is 12.1. The molecular formula is C14H19NO2. The van der Waals surface area contributed by atoms with E-state index in [1.165, 1.54) is 5.56 Å². The first kappa shape index (κ1) is 12.0. The van der Waals surface area contributed by atoms with E-state index < -0.39 is 0 Å². The molecule has 3 nitrogen and oxygen atoms in total. The SMILES string of the molecule is CCCCOC(=O)c1ccc2c(c1)CCCN2. The Morgan fingerprint density at radius 2 is 2.35 bits per heavy atom. The molecule has 0 unspecified atom stereocenters. The maximum Gasteiger partial charge on any atom is 0.338 e. The number of benzene rings is 1. The molecule has 1 aromatic rings. The molecule has 0 amide bonds. The van der Waals surface area contributed by atoms with Crippen molar-refractivity contribution in [1.29, 1.82) is 0 Å². The van der Waals surface area contributed by atoms with Crippen LogP contribution in [0.15, 0.2) is 18.2 Å². The van der Waals surface area contributed by atoms with Crippen molar-refractivity contribution in [3.63, 3.8) is 0 Å². The standard InChI is InChI=1S/C14H19NO2/c1-2-3-9-17-14(16)12-6-7-13-11(10-12)5-4-8-15-13/h6-7,10,15H,2-5,8-9H2,1H3. The Labute approximate surface area is 102 Å². The highest BCUT2D eigenvalue weighted by molar-refractivity contribution is 5.90. The molecule has 0 saturated heterocycles. The summed E-state index contributed by atoms with van der Waals surface area (Å²) in [5.74, 6) is -0.202. The molecule has 92 valence electrons. The van der Waals surface area contributed by atoms with Crippen LogP contribution in [0.3, 0.4) is 0 Å². The monoisotopic (exact) mass is 233 g/mol. The van der Waals surface area contributed by atoms with Crippen LogP contribution >= 0.6 is 0 Å². The van der Waals surface area contributed by atoms with Crippen molar-refractivity contribution in [3.05, 3.63) is 29.3 Å². The third-order valence-electron chi connectivity index (χ3n) is 3.01. The van der Waals surface area contributed by atoms with Gasteiger partial charge >= 0.3 is 5.97 Å². The fourth-order valence-corrected chi connectivity index (χ4v) is 1.99. The first-order chi connectivity index (χ1) is 8.31. The van der Waals surface area contributed by atoms with E-state index in [1.807, 2.05) is 18.2 Å². The maximum absolute atomic E-state index is 11.8. The maximum atomic E-state index is 11.8. The molecule has 0 saturated carbocycles. The number of carbonyl (C=O) groups is 1. The van der Waals surface area contributed by atoms with Gasteiger partial charge in [-0.1, -0.05) is 13.3 Å². The molecule has 0 spiro atoms. The average molecular weight is 233 g/mol. The number of esters is 1. The van der Waals surface area contributed by atoms with Crippen LogP contribution in [0.5, 0.6) is 0 Å². The first-order valence-corrected chi connectivity index (χ1v) is 6.35. The van der Waals surface area contributed by atoms with Gasteiger partial charge in [-0.05, 0) is 43.0 Å². The van der Waals surface area contributed by atoms with Gasteiger partial charge in [0.25, 0.3) is 0 Å². The van der Waals surface area contributed by atoms with Gasteiger partial charge in [0.1, 0.15) is 0 Å². The topological polar surface area (TPSA) is 38.3 Å². The number of anilines is 1. The zero-order valence-electron chi connectivity index (χ0n) is 10.3. The number of hydrogen-bond acceptors (Lipinski definition) is 3. The Kier molecular flexibility index (Phi) is 4.02. The molecule has 0 aliphatic carbocycles. The van der Waals surface area contributed by atoms with Crippen molar-refractivity contribution in [2.45, 2.75) is 32.6 Å². The number of nitrogens with one attached hydrogen (secondary N) is 1. The van der Waals surface area contributed by atoms with Crippen LogP contribution in [0.4, 0.5) is 5.69 Å². The summed E-state index contributed by atoms with van der Waals surface area (Å²) in [6, 6.07) is 5.77. The van der Waals surface area contributed by atoms with E-state index in [9.17, 15) is 4.79 Å². The van der Waals surface area contributed by atoms with Crippen LogP contribution in [-0.2, 0) is 11.2 Å². The Morgan fingerprint density at radius 1 is 1.47 bits per heavy atom. The van der Waals surface area contributed by atoms with E-state index in [0.717, 1.165) is 37.9 Å². The quantitative estimate of drug-likeness (QED) is 0.641. The van der Waals surface area contributed by atoms with Gasteiger partial charge in [-0.25, -0.2) is 4.79 Å². The van der Waals surface area contributed by atoms with Gasteiger partial charge in [-0.3, -0.25) is 0 Å². The highest BCUT2D eigenvalue weighted by atomic mass is 16.5. The lowest BCUT2D eigenvalue weighted by Crippen LogP contribution is -2.13. The van der Waals surface area contributed by atoms with Crippen molar-refractivity contribution in [3.8, 4) is 0 Å². The molecule has 0 radical (unpaired) electrons. The number of rotatable bonds is 4. The molecule has 0 fully saturated rings. The predicted molar refractivity (Wildman–Crippen MR) is 68.4 cm³/mol. The lowest BCUT2D eigenvalue weighted by Gasteiger charge is -2.18. The van der Waals surface area contributed by atoms with Crippen molar-refractivity contribution < 1.29 is 9.53 Å². The van der Waals surface area contributed by atoms with E-state index in [1.54, 1.807) is 0 Å². The summed E-state index contributed by atoms with van der Waals surface area (Å²) in [7, 11) is 0. The van der Waals surface area contributed by atoms with E-state index in [0.29, 0.717) is 12.2 Å². The largest absolute Gasteiger partial charge is 0.462 e. The summed E-state index contributed by atoms with van der Waals surface area (Å²) < 4.78 is 5.20. The lowest BCUT2D eigenvalue weighted by molar-refractivity contribution is 0.0499. The van der Waals surface area contributed by atoms with Crippen molar-refractivity contribution >= 4 is 11.7 Å². The first-order valence-electron chi connectivity index (χ1n) is 6.35. The summed E-state index contributed by atoms with van der Waals surface area (Å²) in [4.78, 5) is 11.8. The zero-order valence-corrected chi connectivity index (χ0v) is 10.3. The molecule has 0 bridgehead atoms. The summed E-state index contributed by atoms with van der Waals surface area (Å²) in [6.45, 7) is 3.62.